The highest BCUT2D eigenvalue weighted by Gasteiger charge is 2.15. The first kappa shape index (κ1) is 15.5. The van der Waals surface area contributed by atoms with Crippen LogP contribution in [-0.4, -0.2) is 23.9 Å². The monoisotopic (exact) mass is 297 g/mol. The zero-order valence-corrected chi connectivity index (χ0v) is 11.7. The van der Waals surface area contributed by atoms with Gasteiger partial charge in [0.2, 0.25) is 5.89 Å². The van der Waals surface area contributed by atoms with Crippen LogP contribution in [0.5, 0.6) is 0 Å². The van der Waals surface area contributed by atoms with Crippen molar-refractivity contribution in [3.05, 3.63) is 47.1 Å². The number of hydrogen-bond acceptors (Lipinski definition) is 5. The number of methoxy groups -OCH3 is 1. The van der Waals surface area contributed by atoms with Crippen LogP contribution in [0.4, 0.5) is 8.78 Å². The van der Waals surface area contributed by atoms with Gasteiger partial charge in [0.1, 0.15) is 11.6 Å². The van der Waals surface area contributed by atoms with Crippen molar-refractivity contribution >= 4 is 0 Å². The molecule has 0 radical (unpaired) electrons. The van der Waals surface area contributed by atoms with Gasteiger partial charge >= 0.3 is 0 Å². The van der Waals surface area contributed by atoms with E-state index in [0.29, 0.717) is 30.3 Å². The van der Waals surface area contributed by atoms with E-state index in [1.165, 1.54) is 12.1 Å². The largest absolute Gasteiger partial charge is 0.385 e. The van der Waals surface area contributed by atoms with Crippen molar-refractivity contribution in [2.45, 2.75) is 25.3 Å². The van der Waals surface area contributed by atoms with E-state index in [4.69, 9.17) is 15.0 Å². The quantitative estimate of drug-likeness (QED) is 0.794. The summed E-state index contributed by atoms with van der Waals surface area (Å²) in [6.07, 6.45) is 1.56. The highest BCUT2D eigenvalue weighted by Crippen LogP contribution is 2.17. The summed E-state index contributed by atoms with van der Waals surface area (Å²) >= 11 is 0. The summed E-state index contributed by atoms with van der Waals surface area (Å²) in [6, 6.07) is 3.00. The number of benzene rings is 1. The molecule has 7 heteroatoms. The number of nitrogens with two attached hydrogens (primary N) is 1. The second-order valence-electron chi connectivity index (χ2n) is 4.70. The maximum absolute atomic E-state index is 13.5. The average molecular weight is 297 g/mol. The van der Waals surface area contributed by atoms with Crippen LogP contribution in [0.15, 0.2) is 22.7 Å². The van der Waals surface area contributed by atoms with Crippen LogP contribution in [0.2, 0.25) is 0 Å². The molecule has 0 aliphatic heterocycles. The van der Waals surface area contributed by atoms with E-state index in [1.54, 1.807) is 7.11 Å². The first-order valence-corrected chi connectivity index (χ1v) is 6.61. The molecule has 2 rings (SSSR count). The normalized spacial score (nSPS) is 12.6. The summed E-state index contributed by atoms with van der Waals surface area (Å²) in [5.41, 5.74) is 6.22. The lowest BCUT2D eigenvalue weighted by Crippen LogP contribution is -2.11. The van der Waals surface area contributed by atoms with Crippen LogP contribution < -0.4 is 5.73 Å². The predicted octanol–water partition coefficient (Wildman–Crippen LogP) is 2.37. The van der Waals surface area contributed by atoms with E-state index in [1.807, 2.05) is 0 Å². The van der Waals surface area contributed by atoms with Gasteiger partial charge in [-0.1, -0.05) is 11.2 Å². The molecule has 1 heterocycles. The van der Waals surface area contributed by atoms with Crippen molar-refractivity contribution in [3.63, 3.8) is 0 Å². The van der Waals surface area contributed by atoms with E-state index >= 15 is 0 Å². The molecule has 0 spiro atoms. The molecule has 0 saturated heterocycles. The van der Waals surface area contributed by atoms with Crippen LogP contribution in [0.25, 0.3) is 0 Å². The van der Waals surface area contributed by atoms with E-state index in [2.05, 4.69) is 10.1 Å². The van der Waals surface area contributed by atoms with Gasteiger partial charge in [0.25, 0.3) is 0 Å². The number of nitrogens with zero attached hydrogens (tertiary/aromatic N) is 2. The summed E-state index contributed by atoms with van der Waals surface area (Å²) in [6.45, 7) is 0.607. The number of halogens is 2. The Labute approximate surface area is 121 Å². The van der Waals surface area contributed by atoms with Gasteiger partial charge in [-0.2, -0.15) is 4.98 Å². The Balaban J connectivity index is 1.99. The Kier molecular flexibility index (Phi) is 5.35. The third-order valence-electron chi connectivity index (χ3n) is 3.03. The summed E-state index contributed by atoms with van der Waals surface area (Å²) in [5, 5.41) is 3.77. The van der Waals surface area contributed by atoms with Gasteiger partial charge in [-0.25, -0.2) is 8.78 Å². The lowest BCUT2D eigenvalue weighted by atomic mass is 10.1. The Morgan fingerprint density at radius 1 is 1.38 bits per heavy atom. The molecule has 21 heavy (non-hydrogen) atoms. The molecule has 0 amide bonds. The molecule has 114 valence electrons. The Bertz CT molecular complexity index is 589. The van der Waals surface area contributed by atoms with E-state index in [0.717, 1.165) is 12.5 Å². The summed E-state index contributed by atoms with van der Waals surface area (Å²) in [4.78, 5) is 4.14. The van der Waals surface area contributed by atoms with Crippen molar-refractivity contribution in [2.24, 2.45) is 5.73 Å². The molecule has 2 aromatic rings. The molecule has 5 nitrogen and oxygen atoms in total. The number of ether oxygens (including phenoxy) is 1. The summed E-state index contributed by atoms with van der Waals surface area (Å²) in [7, 11) is 1.62. The molecule has 2 N–H and O–H groups in total. The lowest BCUT2D eigenvalue weighted by Gasteiger charge is -2.05. The summed E-state index contributed by atoms with van der Waals surface area (Å²) in [5.74, 6) is -0.628. The van der Waals surface area contributed by atoms with Crippen molar-refractivity contribution < 1.29 is 18.0 Å². The molecular formula is C14H17F2N3O2. The van der Waals surface area contributed by atoms with Gasteiger partial charge in [-0.3, -0.25) is 0 Å². The molecular weight excluding hydrogens is 280 g/mol. The van der Waals surface area contributed by atoms with Gasteiger partial charge in [0, 0.05) is 26.2 Å². The molecule has 1 aromatic heterocycles. The second kappa shape index (κ2) is 7.24. The van der Waals surface area contributed by atoms with E-state index in [-0.39, 0.29) is 12.5 Å². The van der Waals surface area contributed by atoms with Crippen LogP contribution in [-0.2, 0) is 11.2 Å². The number of hydrogen-bond donors (Lipinski definition) is 1. The number of rotatable bonds is 7. The number of aromatic nitrogens is 2. The standard InChI is InChI=1S/C14H17F2N3O2/c1-20-6-2-3-12(17)14-18-13(19-21-14)7-9-4-5-10(15)8-11(9)16/h4-5,8,12H,2-3,6-7,17H2,1H3. The van der Waals surface area contributed by atoms with E-state index < -0.39 is 11.6 Å². The second-order valence-corrected chi connectivity index (χ2v) is 4.70. The topological polar surface area (TPSA) is 74.2 Å². The molecule has 0 aliphatic carbocycles. The van der Waals surface area contributed by atoms with Gasteiger partial charge in [0.15, 0.2) is 5.82 Å². The summed E-state index contributed by atoms with van der Waals surface area (Å²) < 4.78 is 36.4. The highest BCUT2D eigenvalue weighted by molar-refractivity contribution is 5.21. The van der Waals surface area contributed by atoms with Gasteiger partial charge < -0.3 is 15.0 Å². The molecule has 1 atom stereocenters. The Morgan fingerprint density at radius 3 is 2.90 bits per heavy atom. The van der Waals surface area contributed by atoms with Crippen molar-refractivity contribution in [1.29, 1.82) is 0 Å². The van der Waals surface area contributed by atoms with Crippen LogP contribution in [0.1, 0.15) is 36.2 Å². The predicted molar refractivity (Wildman–Crippen MR) is 71.5 cm³/mol. The average Bonchev–Trinajstić information content (AvgIpc) is 2.91. The van der Waals surface area contributed by atoms with Crippen LogP contribution in [0, 0.1) is 11.6 Å². The first-order chi connectivity index (χ1) is 10.1. The molecule has 1 unspecified atom stereocenters. The third kappa shape index (κ3) is 4.30. The third-order valence-corrected chi connectivity index (χ3v) is 3.03. The Morgan fingerprint density at radius 2 is 2.19 bits per heavy atom. The van der Waals surface area contributed by atoms with E-state index in [9.17, 15) is 8.78 Å². The zero-order chi connectivity index (χ0) is 15.2. The highest BCUT2D eigenvalue weighted by atomic mass is 19.1. The smallest absolute Gasteiger partial charge is 0.243 e. The maximum Gasteiger partial charge on any atom is 0.243 e. The molecule has 0 saturated carbocycles. The Hall–Kier alpha value is -1.86. The van der Waals surface area contributed by atoms with Gasteiger partial charge in [-0.05, 0) is 24.5 Å². The molecule has 0 aliphatic rings. The fourth-order valence-electron chi connectivity index (χ4n) is 1.90. The first-order valence-electron chi connectivity index (χ1n) is 6.61. The molecule has 1 aromatic carbocycles. The van der Waals surface area contributed by atoms with Crippen molar-refractivity contribution in [2.75, 3.05) is 13.7 Å². The van der Waals surface area contributed by atoms with Crippen LogP contribution >= 0.6 is 0 Å². The molecule has 0 bridgehead atoms. The lowest BCUT2D eigenvalue weighted by molar-refractivity contribution is 0.188. The van der Waals surface area contributed by atoms with Gasteiger partial charge in [-0.15, -0.1) is 0 Å². The maximum atomic E-state index is 13.5. The fourth-order valence-corrected chi connectivity index (χ4v) is 1.90. The van der Waals surface area contributed by atoms with Crippen LogP contribution in [0.3, 0.4) is 0 Å². The fraction of sp³-hybridized carbons (Fsp3) is 0.429. The minimum absolute atomic E-state index is 0.125. The SMILES string of the molecule is COCCCC(N)c1nc(Cc2ccc(F)cc2F)no1. The molecule has 0 fully saturated rings. The minimum Gasteiger partial charge on any atom is -0.385 e. The van der Waals surface area contributed by atoms with Gasteiger partial charge in [0.05, 0.1) is 6.04 Å². The van der Waals surface area contributed by atoms with Crippen molar-refractivity contribution in [3.8, 4) is 0 Å². The van der Waals surface area contributed by atoms with Crippen molar-refractivity contribution in [1.82, 2.24) is 10.1 Å². The zero-order valence-electron chi connectivity index (χ0n) is 11.7. The minimum atomic E-state index is -0.634.